The summed E-state index contributed by atoms with van der Waals surface area (Å²) in [7, 11) is 0. The van der Waals surface area contributed by atoms with Crippen LogP contribution in [0.2, 0.25) is 0 Å². The Labute approximate surface area is 201 Å². The summed E-state index contributed by atoms with van der Waals surface area (Å²) in [6.07, 6.45) is 15.9. The zero-order valence-corrected chi connectivity index (χ0v) is 20.7. The average molecular weight is 453 g/mol. The van der Waals surface area contributed by atoms with E-state index in [-0.39, 0.29) is 5.97 Å². The SMILES string of the molecule is CCCCCCCCCCCCCCC(=O)OC(Cc1ccccc1)OCc1ccccc1. The molecule has 0 aliphatic carbocycles. The Bertz CT molecular complexity index is 714. The van der Waals surface area contributed by atoms with Crippen molar-refractivity contribution in [3.05, 3.63) is 71.8 Å². The normalized spacial score (nSPS) is 11.9. The van der Waals surface area contributed by atoms with Crippen molar-refractivity contribution >= 4 is 5.97 Å². The van der Waals surface area contributed by atoms with Crippen LogP contribution in [0.25, 0.3) is 0 Å². The van der Waals surface area contributed by atoms with Gasteiger partial charge in [-0.2, -0.15) is 0 Å². The second-order valence-corrected chi connectivity index (χ2v) is 9.04. The van der Waals surface area contributed by atoms with Gasteiger partial charge in [-0.05, 0) is 17.5 Å². The van der Waals surface area contributed by atoms with Crippen molar-refractivity contribution in [3.63, 3.8) is 0 Å². The first-order valence-corrected chi connectivity index (χ1v) is 13.2. The average Bonchev–Trinajstić information content (AvgIpc) is 2.84. The number of ether oxygens (including phenoxy) is 2. The molecule has 0 fully saturated rings. The topological polar surface area (TPSA) is 35.5 Å². The van der Waals surface area contributed by atoms with E-state index in [4.69, 9.17) is 9.47 Å². The van der Waals surface area contributed by atoms with Crippen LogP contribution >= 0.6 is 0 Å². The molecule has 0 saturated carbocycles. The lowest BCUT2D eigenvalue weighted by Gasteiger charge is -2.19. The molecule has 182 valence electrons. The summed E-state index contributed by atoms with van der Waals surface area (Å²) >= 11 is 0. The van der Waals surface area contributed by atoms with E-state index >= 15 is 0 Å². The molecule has 1 unspecified atom stereocenters. The molecule has 0 bridgehead atoms. The molecule has 2 rings (SSSR count). The predicted octanol–water partition coefficient (Wildman–Crippen LogP) is 8.41. The van der Waals surface area contributed by atoms with E-state index in [9.17, 15) is 4.79 Å². The van der Waals surface area contributed by atoms with Crippen molar-refractivity contribution in [1.82, 2.24) is 0 Å². The number of benzene rings is 2. The third kappa shape index (κ3) is 13.9. The summed E-state index contributed by atoms with van der Waals surface area (Å²) in [4.78, 5) is 12.4. The molecule has 3 nitrogen and oxygen atoms in total. The van der Waals surface area contributed by atoms with Gasteiger partial charge in [0.15, 0.2) is 0 Å². The lowest BCUT2D eigenvalue weighted by atomic mass is 10.0. The van der Waals surface area contributed by atoms with Crippen molar-refractivity contribution in [2.45, 2.75) is 110 Å². The van der Waals surface area contributed by atoms with Crippen LogP contribution in [0, 0.1) is 0 Å². The van der Waals surface area contributed by atoms with Gasteiger partial charge in [-0.1, -0.05) is 138 Å². The summed E-state index contributed by atoms with van der Waals surface area (Å²) in [5, 5.41) is 0. The van der Waals surface area contributed by atoms with Gasteiger partial charge < -0.3 is 9.47 Å². The molecule has 0 radical (unpaired) electrons. The van der Waals surface area contributed by atoms with Crippen molar-refractivity contribution in [3.8, 4) is 0 Å². The molecule has 0 N–H and O–H groups in total. The number of unbranched alkanes of at least 4 members (excludes halogenated alkanes) is 11. The van der Waals surface area contributed by atoms with Gasteiger partial charge in [0.1, 0.15) is 0 Å². The van der Waals surface area contributed by atoms with Crippen LogP contribution in [0.4, 0.5) is 0 Å². The molecule has 2 aromatic rings. The fraction of sp³-hybridized carbons (Fsp3) is 0.567. The molecule has 1 atom stereocenters. The number of hydrogen-bond donors (Lipinski definition) is 0. The van der Waals surface area contributed by atoms with Crippen molar-refractivity contribution in [1.29, 1.82) is 0 Å². The van der Waals surface area contributed by atoms with Crippen LogP contribution in [-0.4, -0.2) is 12.3 Å². The van der Waals surface area contributed by atoms with E-state index in [1.807, 2.05) is 60.7 Å². The summed E-state index contributed by atoms with van der Waals surface area (Å²) in [5.41, 5.74) is 2.18. The second-order valence-electron chi connectivity index (χ2n) is 9.04. The summed E-state index contributed by atoms with van der Waals surface area (Å²) in [6.45, 7) is 2.70. The maximum Gasteiger partial charge on any atom is 0.308 e. The monoisotopic (exact) mass is 452 g/mol. The van der Waals surface area contributed by atoms with E-state index in [0.29, 0.717) is 19.4 Å². The lowest BCUT2D eigenvalue weighted by Crippen LogP contribution is -2.24. The van der Waals surface area contributed by atoms with Gasteiger partial charge in [-0.3, -0.25) is 4.79 Å². The van der Waals surface area contributed by atoms with Gasteiger partial charge >= 0.3 is 5.97 Å². The molecule has 0 spiro atoms. The smallest absolute Gasteiger partial charge is 0.308 e. The fourth-order valence-corrected chi connectivity index (χ4v) is 4.02. The Morgan fingerprint density at radius 2 is 1.15 bits per heavy atom. The predicted molar refractivity (Wildman–Crippen MR) is 137 cm³/mol. The maximum absolute atomic E-state index is 12.4. The molecule has 0 amide bonds. The van der Waals surface area contributed by atoms with Crippen LogP contribution in [0.1, 0.15) is 102 Å². The summed E-state index contributed by atoms with van der Waals surface area (Å²) in [5.74, 6) is -0.156. The molecule has 0 heterocycles. The largest absolute Gasteiger partial charge is 0.435 e. The number of hydrogen-bond acceptors (Lipinski definition) is 3. The molecule has 3 heteroatoms. The Morgan fingerprint density at radius 3 is 1.70 bits per heavy atom. The van der Waals surface area contributed by atoms with Gasteiger partial charge in [0.05, 0.1) is 6.61 Å². The third-order valence-corrected chi connectivity index (χ3v) is 6.02. The van der Waals surface area contributed by atoms with Crippen LogP contribution < -0.4 is 0 Å². The van der Waals surface area contributed by atoms with Gasteiger partial charge in [0, 0.05) is 12.8 Å². The first kappa shape index (κ1) is 27.1. The van der Waals surface area contributed by atoms with E-state index < -0.39 is 6.29 Å². The highest BCUT2D eigenvalue weighted by Gasteiger charge is 2.16. The number of carbonyl (C=O) groups is 1. The van der Waals surface area contributed by atoms with Crippen LogP contribution in [0.15, 0.2) is 60.7 Å². The fourth-order valence-electron chi connectivity index (χ4n) is 4.02. The zero-order chi connectivity index (χ0) is 23.4. The molecule has 0 aliphatic rings. The molecular formula is C30H44O3. The number of carbonyl (C=O) groups excluding carboxylic acids is 1. The molecule has 0 saturated heterocycles. The highest BCUT2D eigenvalue weighted by atomic mass is 16.7. The molecule has 0 aromatic heterocycles. The van der Waals surface area contributed by atoms with Gasteiger partial charge in [0.2, 0.25) is 6.29 Å². The quantitative estimate of drug-likeness (QED) is 0.122. The Kier molecular flexibility index (Phi) is 15.0. The first-order valence-electron chi connectivity index (χ1n) is 13.2. The van der Waals surface area contributed by atoms with Gasteiger partial charge in [0.25, 0.3) is 0 Å². The Morgan fingerprint density at radius 1 is 0.667 bits per heavy atom. The molecule has 0 aliphatic heterocycles. The third-order valence-electron chi connectivity index (χ3n) is 6.02. The van der Waals surface area contributed by atoms with E-state index in [1.165, 1.54) is 64.2 Å². The summed E-state index contributed by atoms with van der Waals surface area (Å²) < 4.78 is 11.7. The molecule has 2 aromatic carbocycles. The minimum absolute atomic E-state index is 0.156. The Balaban J connectivity index is 1.59. The second kappa shape index (κ2) is 18.3. The highest BCUT2D eigenvalue weighted by molar-refractivity contribution is 5.69. The zero-order valence-electron chi connectivity index (χ0n) is 20.7. The lowest BCUT2D eigenvalue weighted by molar-refractivity contribution is -0.181. The van der Waals surface area contributed by atoms with E-state index in [0.717, 1.165) is 24.0 Å². The minimum atomic E-state index is -0.558. The Hall–Kier alpha value is -2.13. The number of rotatable bonds is 19. The highest BCUT2D eigenvalue weighted by Crippen LogP contribution is 2.15. The van der Waals surface area contributed by atoms with Gasteiger partial charge in [-0.25, -0.2) is 0 Å². The number of esters is 1. The molecular weight excluding hydrogens is 408 g/mol. The van der Waals surface area contributed by atoms with Crippen molar-refractivity contribution < 1.29 is 14.3 Å². The van der Waals surface area contributed by atoms with Crippen LogP contribution in [0.5, 0.6) is 0 Å². The molecule has 33 heavy (non-hydrogen) atoms. The maximum atomic E-state index is 12.4. The minimum Gasteiger partial charge on any atom is -0.435 e. The first-order chi connectivity index (χ1) is 16.3. The standard InChI is InChI=1S/C30H44O3/c1-2-3-4-5-6-7-8-9-10-11-12-19-24-29(31)33-30(25-27-20-15-13-16-21-27)32-26-28-22-17-14-18-23-28/h13-18,20-23,30H,2-12,19,24-26H2,1H3. The van der Waals surface area contributed by atoms with E-state index in [2.05, 4.69) is 6.92 Å². The summed E-state index contributed by atoms with van der Waals surface area (Å²) in [6, 6.07) is 20.1. The van der Waals surface area contributed by atoms with Crippen LogP contribution in [0.3, 0.4) is 0 Å². The van der Waals surface area contributed by atoms with E-state index in [1.54, 1.807) is 0 Å². The van der Waals surface area contributed by atoms with Gasteiger partial charge in [-0.15, -0.1) is 0 Å². The van der Waals surface area contributed by atoms with Crippen molar-refractivity contribution in [2.75, 3.05) is 0 Å². The van der Waals surface area contributed by atoms with Crippen LogP contribution in [-0.2, 0) is 27.3 Å². The van der Waals surface area contributed by atoms with Crippen molar-refractivity contribution in [2.24, 2.45) is 0 Å².